The zero-order valence-corrected chi connectivity index (χ0v) is 8.75. The van der Waals surface area contributed by atoms with Crippen LogP contribution in [0.25, 0.3) is 0 Å². The topological polar surface area (TPSA) is 43.8 Å². The second kappa shape index (κ2) is 4.42. The van der Waals surface area contributed by atoms with Crippen molar-refractivity contribution in [1.82, 2.24) is 9.55 Å². The van der Waals surface area contributed by atoms with Crippen LogP contribution >= 0.6 is 0 Å². The zero-order valence-electron chi connectivity index (χ0n) is 8.75. The molecule has 0 fully saturated rings. The molecule has 0 atom stereocenters. The summed E-state index contributed by atoms with van der Waals surface area (Å²) in [6.07, 6.45) is 3.86. The maximum Gasteiger partial charge on any atom is 0.108 e. The van der Waals surface area contributed by atoms with E-state index in [-0.39, 0.29) is 0 Å². The highest BCUT2D eigenvalue weighted by Crippen LogP contribution is 2.14. The van der Waals surface area contributed by atoms with Crippen LogP contribution in [0.15, 0.2) is 6.20 Å². The molecule has 0 saturated carbocycles. The fourth-order valence-electron chi connectivity index (χ4n) is 1.66. The average Bonchev–Trinajstić information content (AvgIpc) is 2.48. The predicted octanol–water partition coefficient (Wildman–Crippen LogP) is 1.53. The minimum absolute atomic E-state index is 0.485. The Morgan fingerprint density at radius 1 is 1.54 bits per heavy atom. The lowest BCUT2D eigenvalue weighted by Crippen LogP contribution is -2.12. The molecule has 2 N–H and O–H groups in total. The molecule has 0 bridgehead atoms. The number of aromatic nitrogens is 2. The quantitative estimate of drug-likeness (QED) is 0.765. The van der Waals surface area contributed by atoms with E-state index in [0.717, 1.165) is 12.8 Å². The van der Waals surface area contributed by atoms with Gasteiger partial charge in [-0.1, -0.05) is 6.92 Å². The molecule has 1 heterocycles. The van der Waals surface area contributed by atoms with Crippen molar-refractivity contribution in [2.24, 2.45) is 5.73 Å². The molecule has 3 nitrogen and oxygen atoms in total. The van der Waals surface area contributed by atoms with Gasteiger partial charge in [-0.05, 0) is 20.4 Å². The largest absolute Gasteiger partial charge is 0.330 e. The number of rotatable bonds is 4. The second-order valence-electron chi connectivity index (χ2n) is 3.52. The molecule has 0 spiro atoms. The molecule has 0 unspecified atom stereocenters. The van der Waals surface area contributed by atoms with E-state index in [1.165, 1.54) is 11.5 Å². The molecule has 0 radical (unpaired) electrons. The van der Waals surface area contributed by atoms with Crippen molar-refractivity contribution in [2.75, 3.05) is 6.54 Å². The van der Waals surface area contributed by atoms with Gasteiger partial charge in [0.2, 0.25) is 0 Å². The van der Waals surface area contributed by atoms with E-state index in [1.54, 1.807) is 0 Å². The predicted molar refractivity (Wildman–Crippen MR) is 54.7 cm³/mol. The van der Waals surface area contributed by atoms with E-state index in [4.69, 9.17) is 5.73 Å². The maximum atomic E-state index is 5.54. The number of hydrogen-bond donors (Lipinski definition) is 1. The van der Waals surface area contributed by atoms with Crippen molar-refractivity contribution < 1.29 is 0 Å². The van der Waals surface area contributed by atoms with Gasteiger partial charge in [0.15, 0.2) is 0 Å². The van der Waals surface area contributed by atoms with Gasteiger partial charge in [0.25, 0.3) is 0 Å². The van der Waals surface area contributed by atoms with Crippen molar-refractivity contribution in [3.05, 3.63) is 17.7 Å². The normalized spacial score (nSPS) is 11.2. The lowest BCUT2D eigenvalue weighted by atomic mass is 10.3. The molecule has 1 aromatic heterocycles. The Labute approximate surface area is 80.0 Å². The SMILES string of the molecule is CCc1ncc(CCN)n1C(C)C. The van der Waals surface area contributed by atoms with Crippen LogP contribution in [0.3, 0.4) is 0 Å². The third-order valence-corrected chi connectivity index (χ3v) is 2.18. The summed E-state index contributed by atoms with van der Waals surface area (Å²) in [5, 5.41) is 0. The molecule has 0 aliphatic rings. The minimum atomic E-state index is 0.485. The van der Waals surface area contributed by atoms with Gasteiger partial charge in [0, 0.05) is 30.8 Å². The van der Waals surface area contributed by atoms with Gasteiger partial charge in [-0.3, -0.25) is 0 Å². The molecular formula is C10H19N3. The standard InChI is InChI=1S/C10H19N3/c1-4-10-12-7-9(5-6-11)13(10)8(2)3/h7-8H,4-6,11H2,1-3H3. The Kier molecular flexibility index (Phi) is 3.48. The van der Waals surface area contributed by atoms with Crippen LogP contribution in [0.4, 0.5) is 0 Å². The van der Waals surface area contributed by atoms with Crippen LogP contribution in [0.5, 0.6) is 0 Å². The Bertz CT molecular complexity index is 263. The smallest absolute Gasteiger partial charge is 0.108 e. The summed E-state index contributed by atoms with van der Waals surface area (Å²) < 4.78 is 2.28. The van der Waals surface area contributed by atoms with Crippen molar-refractivity contribution in [3.8, 4) is 0 Å². The maximum absolute atomic E-state index is 5.54. The summed E-state index contributed by atoms with van der Waals surface area (Å²) in [4.78, 5) is 4.38. The summed E-state index contributed by atoms with van der Waals surface area (Å²) in [7, 11) is 0. The van der Waals surface area contributed by atoms with Gasteiger partial charge in [-0.15, -0.1) is 0 Å². The fourth-order valence-corrected chi connectivity index (χ4v) is 1.66. The molecule has 0 amide bonds. The van der Waals surface area contributed by atoms with E-state index in [0.29, 0.717) is 12.6 Å². The first-order chi connectivity index (χ1) is 6.20. The first-order valence-corrected chi connectivity index (χ1v) is 4.95. The Hall–Kier alpha value is -0.830. The van der Waals surface area contributed by atoms with E-state index < -0.39 is 0 Å². The molecule has 0 aliphatic carbocycles. The number of hydrogen-bond acceptors (Lipinski definition) is 2. The lowest BCUT2D eigenvalue weighted by Gasteiger charge is -2.14. The summed E-state index contributed by atoms with van der Waals surface area (Å²) >= 11 is 0. The molecule has 74 valence electrons. The minimum Gasteiger partial charge on any atom is -0.330 e. The van der Waals surface area contributed by atoms with Crippen molar-refractivity contribution in [2.45, 2.75) is 39.7 Å². The van der Waals surface area contributed by atoms with Crippen LogP contribution < -0.4 is 5.73 Å². The van der Waals surface area contributed by atoms with E-state index >= 15 is 0 Å². The lowest BCUT2D eigenvalue weighted by molar-refractivity contribution is 0.548. The summed E-state index contributed by atoms with van der Waals surface area (Å²) in [5.74, 6) is 1.17. The Morgan fingerprint density at radius 2 is 2.23 bits per heavy atom. The van der Waals surface area contributed by atoms with E-state index in [2.05, 4.69) is 30.3 Å². The third kappa shape index (κ3) is 2.10. The molecule has 1 rings (SSSR count). The van der Waals surface area contributed by atoms with Gasteiger partial charge in [-0.25, -0.2) is 4.98 Å². The number of nitrogens with two attached hydrogens (primary N) is 1. The van der Waals surface area contributed by atoms with Crippen LogP contribution in [0, 0.1) is 0 Å². The van der Waals surface area contributed by atoms with E-state index in [1.807, 2.05) is 6.20 Å². The summed E-state index contributed by atoms with van der Waals surface area (Å²) in [5.41, 5.74) is 6.80. The monoisotopic (exact) mass is 181 g/mol. The summed E-state index contributed by atoms with van der Waals surface area (Å²) in [6.45, 7) is 7.19. The number of aryl methyl sites for hydroxylation is 1. The van der Waals surface area contributed by atoms with Gasteiger partial charge in [0.1, 0.15) is 5.82 Å². The molecule has 13 heavy (non-hydrogen) atoms. The van der Waals surface area contributed by atoms with E-state index in [9.17, 15) is 0 Å². The second-order valence-corrected chi connectivity index (χ2v) is 3.52. The highest BCUT2D eigenvalue weighted by molar-refractivity contribution is 5.07. The van der Waals surface area contributed by atoms with Crippen LogP contribution in [0.2, 0.25) is 0 Å². The highest BCUT2D eigenvalue weighted by Gasteiger charge is 2.09. The third-order valence-electron chi connectivity index (χ3n) is 2.18. The molecule has 0 aliphatic heterocycles. The van der Waals surface area contributed by atoms with Crippen molar-refractivity contribution in [3.63, 3.8) is 0 Å². The summed E-state index contributed by atoms with van der Waals surface area (Å²) in [6, 6.07) is 0.485. The zero-order chi connectivity index (χ0) is 9.84. The first-order valence-electron chi connectivity index (χ1n) is 4.95. The average molecular weight is 181 g/mol. The molecule has 1 aromatic rings. The Morgan fingerprint density at radius 3 is 2.69 bits per heavy atom. The molecular weight excluding hydrogens is 162 g/mol. The molecule has 0 aromatic carbocycles. The van der Waals surface area contributed by atoms with Crippen LogP contribution in [0.1, 0.15) is 38.3 Å². The van der Waals surface area contributed by atoms with Crippen molar-refractivity contribution >= 4 is 0 Å². The number of imidazole rings is 1. The molecule has 3 heteroatoms. The van der Waals surface area contributed by atoms with Crippen LogP contribution in [-0.2, 0) is 12.8 Å². The number of nitrogens with zero attached hydrogens (tertiary/aromatic N) is 2. The van der Waals surface area contributed by atoms with Gasteiger partial charge < -0.3 is 10.3 Å². The van der Waals surface area contributed by atoms with Gasteiger partial charge in [0.05, 0.1) is 0 Å². The van der Waals surface area contributed by atoms with Crippen molar-refractivity contribution in [1.29, 1.82) is 0 Å². The fraction of sp³-hybridized carbons (Fsp3) is 0.700. The van der Waals surface area contributed by atoms with Crippen LogP contribution in [-0.4, -0.2) is 16.1 Å². The first kappa shape index (κ1) is 10.3. The Balaban J connectivity index is 2.99. The highest BCUT2D eigenvalue weighted by atomic mass is 15.1. The van der Waals surface area contributed by atoms with Gasteiger partial charge >= 0.3 is 0 Å². The molecule has 0 saturated heterocycles. The van der Waals surface area contributed by atoms with Gasteiger partial charge in [-0.2, -0.15) is 0 Å².